The number of hydrogen-bond donors (Lipinski definition) is 3. The van der Waals surface area contributed by atoms with Gasteiger partial charge in [0.25, 0.3) is 5.91 Å². The second-order valence-corrected chi connectivity index (χ2v) is 6.56. The molecule has 2 aliphatic carbocycles. The van der Waals surface area contributed by atoms with E-state index >= 15 is 0 Å². The molecule has 0 saturated heterocycles. The van der Waals surface area contributed by atoms with Crippen molar-refractivity contribution in [2.24, 2.45) is 29.2 Å². The zero-order chi connectivity index (χ0) is 16.4. The number of rotatable bonds is 6. The number of carbonyl (C=O) groups excluding carboxylic acids is 2. The Balaban J connectivity index is 0.00000208. The molecule has 2 amide bonds. The minimum absolute atomic E-state index is 0. The average molecular weight is 354 g/mol. The molecule has 2 fully saturated rings. The standard InChI is InChI=1S/C17H23N3O3.ClH/c18-14(21)9-23-13-3-1-2-10(6-13)8-20-17(22)15-11-4-5-12(7-11)16(15)19;/h1-3,6,11-12,15-16H,4-5,7-9,19H2,(H2,18,21)(H,20,22);1H. The molecule has 2 saturated carbocycles. The molecule has 1 aromatic carbocycles. The summed E-state index contributed by atoms with van der Waals surface area (Å²) in [4.78, 5) is 23.2. The van der Waals surface area contributed by atoms with Gasteiger partial charge in [-0.05, 0) is 48.8 Å². The van der Waals surface area contributed by atoms with E-state index in [0.29, 0.717) is 24.1 Å². The van der Waals surface area contributed by atoms with Crippen molar-refractivity contribution in [2.45, 2.75) is 31.8 Å². The summed E-state index contributed by atoms with van der Waals surface area (Å²) in [6.07, 6.45) is 3.37. The number of amides is 2. The lowest BCUT2D eigenvalue weighted by atomic mass is 9.84. The fourth-order valence-electron chi connectivity index (χ4n) is 3.93. The number of halogens is 1. The lowest BCUT2D eigenvalue weighted by molar-refractivity contribution is -0.127. The van der Waals surface area contributed by atoms with E-state index in [4.69, 9.17) is 16.2 Å². The van der Waals surface area contributed by atoms with Crippen LogP contribution in [-0.2, 0) is 16.1 Å². The van der Waals surface area contributed by atoms with Crippen molar-refractivity contribution in [2.75, 3.05) is 6.61 Å². The van der Waals surface area contributed by atoms with Gasteiger partial charge in [-0.15, -0.1) is 12.4 Å². The molecule has 4 atom stereocenters. The van der Waals surface area contributed by atoms with Gasteiger partial charge in [-0.3, -0.25) is 9.59 Å². The molecule has 2 aliphatic rings. The Bertz CT molecular complexity index is 608. The summed E-state index contributed by atoms with van der Waals surface area (Å²) >= 11 is 0. The van der Waals surface area contributed by atoms with E-state index in [1.54, 1.807) is 12.1 Å². The number of primary amides is 1. The van der Waals surface area contributed by atoms with E-state index in [9.17, 15) is 9.59 Å². The first-order chi connectivity index (χ1) is 11.0. The van der Waals surface area contributed by atoms with Crippen LogP contribution in [0.15, 0.2) is 24.3 Å². The van der Waals surface area contributed by atoms with Gasteiger partial charge in [0.15, 0.2) is 6.61 Å². The van der Waals surface area contributed by atoms with Crippen molar-refractivity contribution in [3.8, 4) is 5.75 Å². The Kier molecular flexibility index (Phi) is 6.07. The molecule has 0 radical (unpaired) electrons. The van der Waals surface area contributed by atoms with Gasteiger partial charge in [0.1, 0.15) is 5.75 Å². The van der Waals surface area contributed by atoms with Crippen LogP contribution in [0.4, 0.5) is 0 Å². The van der Waals surface area contributed by atoms with Gasteiger partial charge in [0.2, 0.25) is 5.91 Å². The third-order valence-electron chi connectivity index (χ3n) is 5.03. The van der Waals surface area contributed by atoms with Crippen LogP contribution < -0.4 is 21.5 Å². The lowest BCUT2D eigenvalue weighted by Gasteiger charge is -2.27. The molecule has 0 aliphatic heterocycles. The maximum Gasteiger partial charge on any atom is 0.255 e. The van der Waals surface area contributed by atoms with Gasteiger partial charge in [0, 0.05) is 12.6 Å². The minimum atomic E-state index is -0.519. The van der Waals surface area contributed by atoms with E-state index in [2.05, 4.69) is 5.32 Å². The van der Waals surface area contributed by atoms with Crippen LogP contribution in [0.25, 0.3) is 0 Å². The molecule has 0 spiro atoms. The number of nitrogens with two attached hydrogens (primary N) is 2. The zero-order valence-corrected chi connectivity index (χ0v) is 14.3. The average Bonchev–Trinajstić information content (AvgIpc) is 3.12. The van der Waals surface area contributed by atoms with E-state index in [-0.39, 0.29) is 36.9 Å². The Hall–Kier alpha value is -1.79. The normalized spacial score (nSPS) is 27.4. The molecular formula is C17H24ClN3O3. The van der Waals surface area contributed by atoms with Gasteiger partial charge < -0.3 is 21.5 Å². The third-order valence-corrected chi connectivity index (χ3v) is 5.03. The van der Waals surface area contributed by atoms with Crippen molar-refractivity contribution in [3.63, 3.8) is 0 Å². The third kappa shape index (κ3) is 3.99. The van der Waals surface area contributed by atoms with Crippen LogP contribution >= 0.6 is 12.4 Å². The Labute approximate surface area is 147 Å². The maximum absolute atomic E-state index is 12.4. The van der Waals surface area contributed by atoms with E-state index in [1.807, 2.05) is 12.1 Å². The Morgan fingerprint density at radius 1 is 1.25 bits per heavy atom. The number of benzene rings is 1. The van der Waals surface area contributed by atoms with Crippen LogP contribution in [0.3, 0.4) is 0 Å². The summed E-state index contributed by atoms with van der Waals surface area (Å²) in [5.74, 6) is 0.999. The first kappa shape index (κ1) is 18.5. The molecule has 0 heterocycles. The summed E-state index contributed by atoms with van der Waals surface area (Å²) in [7, 11) is 0. The largest absolute Gasteiger partial charge is 0.484 e. The van der Waals surface area contributed by atoms with Crippen molar-refractivity contribution < 1.29 is 14.3 Å². The number of nitrogens with one attached hydrogen (secondary N) is 1. The highest BCUT2D eigenvalue weighted by Crippen LogP contribution is 2.47. The lowest BCUT2D eigenvalue weighted by Crippen LogP contribution is -2.45. The van der Waals surface area contributed by atoms with Crippen molar-refractivity contribution in [1.29, 1.82) is 0 Å². The number of carbonyl (C=O) groups is 2. The zero-order valence-electron chi connectivity index (χ0n) is 13.4. The fourth-order valence-corrected chi connectivity index (χ4v) is 3.93. The highest BCUT2D eigenvalue weighted by atomic mass is 35.5. The topological polar surface area (TPSA) is 107 Å². The second-order valence-electron chi connectivity index (χ2n) is 6.56. The molecule has 0 aromatic heterocycles. The molecule has 7 heteroatoms. The summed E-state index contributed by atoms with van der Waals surface area (Å²) in [6.45, 7) is 0.267. The van der Waals surface area contributed by atoms with Crippen molar-refractivity contribution in [1.82, 2.24) is 5.32 Å². The van der Waals surface area contributed by atoms with Crippen LogP contribution in [0.5, 0.6) is 5.75 Å². The Morgan fingerprint density at radius 2 is 2.00 bits per heavy atom. The molecule has 6 nitrogen and oxygen atoms in total. The van der Waals surface area contributed by atoms with Gasteiger partial charge in [0.05, 0.1) is 5.92 Å². The highest BCUT2D eigenvalue weighted by Gasteiger charge is 2.48. The summed E-state index contributed by atoms with van der Waals surface area (Å²) in [6, 6.07) is 7.27. The van der Waals surface area contributed by atoms with Crippen LogP contribution in [0, 0.1) is 17.8 Å². The van der Waals surface area contributed by atoms with Gasteiger partial charge in [-0.2, -0.15) is 0 Å². The molecule has 2 bridgehead atoms. The first-order valence-electron chi connectivity index (χ1n) is 8.08. The molecule has 24 heavy (non-hydrogen) atoms. The quantitative estimate of drug-likeness (QED) is 0.708. The minimum Gasteiger partial charge on any atom is -0.484 e. The van der Waals surface area contributed by atoms with E-state index in [0.717, 1.165) is 24.8 Å². The van der Waals surface area contributed by atoms with Crippen molar-refractivity contribution >= 4 is 24.2 Å². The second kappa shape index (κ2) is 7.85. The number of fused-ring (bicyclic) bond motifs is 2. The van der Waals surface area contributed by atoms with Gasteiger partial charge >= 0.3 is 0 Å². The molecule has 5 N–H and O–H groups in total. The maximum atomic E-state index is 12.4. The molecule has 1 aromatic rings. The number of hydrogen-bond acceptors (Lipinski definition) is 4. The van der Waals surface area contributed by atoms with E-state index < -0.39 is 5.91 Å². The smallest absolute Gasteiger partial charge is 0.255 e. The highest BCUT2D eigenvalue weighted by molar-refractivity contribution is 5.85. The predicted octanol–water partition coefficient (Wildman–Crippen LogP) is 0.962. The molecule has 4 unspecified atom stereocenters. The number of ether oxygens (including phenoxy) is 1. The first-order valence-corrected chi connectivity index (χ1v) is 8.08. The van der Waals surface area contributed by atoms with E-state index in [1.165, 1.54) is 0 Å². The Morgan fingerprint density at radius 3 is 2.67 bits per heavy atom. The monoisotopic (exact) mass is 353 g/mol. The van der Waals surface area contributed by atoms with Gasteiger partial charge in [-0.25, -0.2) is 0 Å². The molecule has 132 valence electrons. The van der Waals surface area contributed by atoms with Crippen LogP contribution in [-0.4, -0.2) is 24.5 Å². The SMILES string of the molecule is Cl.NC(=O)COc1cccc(CNC(=O)C2C3CCC(C3)C2N)c1. The summed E-state index contributed by atoms with van der Waals surface area (Å²) in [5.41, 5.74) is 12.2. The van der Waals surface area contributed by atoms with Crippen LogP contribution in [0.1, 0.15) is 24.8 Å². The molecule has 3 rings (SSSR count). The summed E-state index contributed by atoms with van der Waals surface area (Å²) in [5, 5.41) is 2.98. The summed E-state index contributed by atoms with van der Waals surface area (Å²) < 4.78 is 5.26. The predicted molar refractivity (Wildman–Crippen MR) is 92.5 cm³/mol. The van der Waals surface area contributed by atoms with Gasteiger partial charge in [-0.1, -0.05) is 12.1 Å². The molecular weight excluding hydrogens is 330 g/mol. The fraction of sp³-hybridized carbons (Fsp3) is 0.529. The van der Waals surface area contributed by atoms with Crippen LogP contribution in [0.2, 0.25) is 0 Å². The van der Waals surface area contributed by atoms with Crippen molar-refractivity contribution in [3.05, 3.63) is 29.8 Å².